The predicted molar refractivity (Wildman–Crippen MR) is 129 cm³/mol. The zero-order valence-corrected chi connectivity index (χ0v) is 20.5. The van der Waals surface area contributed by atoms with Gasteiger partial charge in [-0.25, -0.2) is 9.18 Å². The number of aromatic amines is 1. The van der Waals surface area contributed by atoms with E-state index < -0.39 is 5.97 Å². The summed E-state index contributed by atoms with van der Waals surface area (Å²) in [5.74, 6) is -0.315. The Hall–Kier alpha value is -2.94. The lowest BCUT2D eigenvalue weighted by atomic mass is 9.95. The van der Waals surface area contributed by atoms with E-state index in [2.05, 4.69) is 15.2 Å². The third kappa shape index (κ3) is 4.80. The van der Waals surface area contributed by atoms with Crippen LogP contribution in [-0.4, -0.2) is 43.9 Å². The van der Waals surface area contributed by atoms with Gasteiger partial charge in [-0.05, 0) is 51.3 Å². The van der Waals surface area contributed by atoms with Gasteiger partial charge in [0.25, 0.3) is 0 Å². The Labute approximate surface area is 202 Å². The number of hydrogen-bond donors (Lipinski definition) is 1. The number of aryl methyl sites for hydroxylation is 1. The summed E-state index contributed by atoms with van der Waals surface area (Å²) in [6.45, 7) is 5.51. The fourth-order valence-electron chi connectivity index (χ4n) is 4.61. The molecule has 1 N–H and O–H groups in total. The van der Waals surface area contributed by atoms with E-state index in [1.165, 1.54) is 24.2 Å². The number of aromatic nitrogens is 4. The van der Waals surface area contributed by atoms with Gasteiger partial charge in [-0.2, -0.15) is 0 Å². The van der Waals surface area contributed by atoms with Gasteiger partial charge < -0.3 is 9.72 Å². The monoisotopic (exact) mass is 484 g/mol. The maximum Gasteiger partial charge on any atom is 0.340 e. The Morgan fingerprint density at radius 2 is 1.91 bits per heavy atom. The third-order valence-electron chi connectivity index (χ3n) is 6.25. The van der Waals surface area contributed by atoms with Crippen molar-refractivity contribution in [1.82, 2.24) is 19.7 Å². The van der Waals surface area contributed by atoms with Crippen molar-refractivity contribution < 1.29 is 18.7 Å². The summed E-state index contributed by atoms with van der Waals surface area (Å²) in [6.07, 6.45) is 5.32. The smallest absolute Gasteiger partial charge is 0.340 e. The highest BCUT2D eigenvalue weighted by Gasteiger charge is 2.27. The number of hydrogen-bond acceptors (Lipinski definition) is 6. The molecular formula is C25H29FN4O3S. The second-order valence-electron chi connectivity index (χ2n) is 8.51. The van der Waals surface area contributed by atoms with Gasteiger partial charge in [-0.3, -0.25) is 9.36 Å². The molecule has 0 aliphatic heterocycles. The first-order chi connectivity index (χ1) is 16.4. The molecule has 9 heteroatoms. The van der Waals surface area contributed by atoms with Crippen molar-refractivity contribution in [3.8, 4) is 11.4 Å². The number of nitrogens with zero attached hydrogens (tertiary/aromatic N) is 3. The second-order valence-corrected chi connectivity index (χ2v) is 9.45. The minimum atomic E-state index is -0.438. The molecule has 1 fully saturated rings. The minimum absolute atomic E-state index is 0.116. The first-order valence-corrected chi connectivity index (χ1v) is 12.6. The van der Waals surface area contributed by atoms with E-state index in [0.717, 1.165) is 25.7 Å². The van der Waals surface area contributed by atoms with E-state index in [9.17, 15) is 14.0 Å². The average Bonchev–Trinajstić information content (AvgIpc) is 3.38. The summed E-state index contributed by atoms with van der Waals surface area (Å²) in [5, 5.41) is 9.27. The van der Waals surface area contributed by atoms with Crippen LogP contribution in [0.5, 0.6) is 0 Å². The number of benzene rings is 1. The lowest BCUT2D eigenvalue weighted by Crippen LogP contribution is -2.16. The quantitative estimate of drug-likeness (QED) is 0.251. The number of H-pyrrole nitrogens is 1. The molecule has 0 amide bonds. The fourth-order valence-corrected chi connectivity index (χ4v) is 5.49. The average molecular weight is 485 g/mol. The molecule has 0 radical (unpaired) electrons. The number of thioether (sulfide) groups is 1. The first kappa shape index (κ1) is 24.2. The molecule has 2 heterocycles. The van der Waals surface area contributed by atoms with Gasteiger partial charge in [0.2, 0.25) is 0 Å². The summed E-state index contributed by atoms with van der Waals surface area (Å²) in [5.41, 5.74) is 2.40. The summed E-state index contributed by atoms with van der Waals surface area (Å²) in [4.78, 5) is 28.4. The van der Waals surface area contributed by atoms with Crippen LogP contribution in [-0.2, 0) is 4.74 Å². The topological polar surface area (TPSA) is 89.9 Å². The lowest BCUT2D eigenvalue weighted by Gasteiger charge is -2.25. The normalized spacial score (nSPS) is 14.4. The van der Waals surface area contributed by atoms with Crippen molar-refractivity contribution in [1.29, 1.82) is 0 Å². The second kappa shape index (κ2) is 10.5. The van der Waals surface area contributed by atoms with Crippen LogP contribution in [0, 0.1) is 19.7 Å². The molecule has 0 atom stereocenters. The van der Waals surface area contributed by atoms with Crippen LogP contribution in [0.15, 0.2) is 29.4 Å². The molecule has 180 valence electrons. The SMILES string of the molecule is CCOC(=O)c1c(C)[nH]c(C(=O)CSc2nnc(-c3ccccc3F)n2C2CCCCC2)c1C. The van der Waals surface area contributed by atoms with E-state index in [0.29, 0.717) is 39.1 Å². The van der Waals surface area contributed by atoms with Crippen LogP contribution >= 0.6 is 11.8 Å². The van der Waals surface area contributed by atoms with Crippen molar-refractivity contribution in [3.05, 3.63) is 52.6 Å². The molecular weight excluding hydrogens is 455 g/mol. The standard InChI is InChI=1S/C25H29FN4O3S/c1-4-33-24(32)21-15(2)22(27-16(21)3)20(31)14-34-25-29-28-23(18-12-8-9-13-19(18)26)30(25)17-10-6-5-7-11-17/h8-9,12-13,17,27H,4-7,10-11,14H2,1-3H3. The Kier molecular flexibility index (Phi) is 7.50. The number of ether oxygens (including phenoxy) is 1. The van der Waals surface area contributed by atoms with Gasteiger partial charge in [0.05, 0.1) is 29.2 Å². The van der Waals surface area contributed by atoms with Crippen LogP contribution in [0.3, 0.4) is 0 Å². The zero-order chi connectivity index (χ0) is 24.2. The number of carbonyl (C=O) groups excluding carboxylic acids is 2. The van der Waals surface area contributed by atoms with Crippen LogP contribution in [0.25, 0.3) is 11.4 Å². The van der Waals surface area contributed by atoms with Gasteiger partial charge in [0, 0.05) is 11.7 Å². The van der Waals surface area contributed by atoms with Crippen molar-refractivity contribution in [2.24, 2.45) is 0 Å². The molecule has 1 saturated carbocycles. The van der Waals surface area contributed by atoms with Crippen LogP contribution < -0.4 is 0 Å². The Morgan fingerprint density at radius 3 is 2.62 bits per heavy atom. The first-order valence-electron chi connectivity index (χ1n) is 11.6. The molecule has 4 rings (SSSR count). The summed E-state index contributed by atoms with van der Waals surface area (Å²) in [7, 11) is 0. The molecule has 1 aromatic carbocycles. The highest BCUT2D eigenvalue weighted by atomic mass is 32.2. The number of Topliss-reactive ketones (excluding diaryl/α,β-unsaturated/α-hetero) is 1. The molecule has 3 aromatic rings. The van der Waals surface area contributed by atoms with Crippen LogP contribution in [0.2, 0.25) is 0 Å². The van der Waals surface area contributed by atoms with Gasteiger partial charge in [0.15, 0.2) is 16.8 Å². The van der Waals surface area contributed by atoms with Crippen LogP contribution in [0.1, 0.15) is 77.2 Å². The Morgan fingerprint density at radius 1 is 1.18 bits per heavy atom. The molecule has 0 saturated heterocycles. The number of rotatable bonds is 8. The summed E-state index contributed by atoms with van der Waals surface area (Å²) in [6, 6.07) is 6.73. The van der Waals surface area contributed by atoms with Crippen LogP contribution in [0.4, 0.5) is 4.39 Å². The predicted octanol–water partition coefficient (Wildman–Crippen LogP) is 5.69. The molecule has 7 nitrogen and oxygen atoms in total. The molecule has 0 bridgehead atoms. The molecule has 0 spiro atoms. The Bertz CT molecular complexity index is 1200. The molecule has 0 unspecified atom stereocenters. The largest absolute Gasteiger partial charge is 0.462 e. The van der Waals surface area contributed by atoms with Crippen molar-refractivity contribution in [2.45, 2.75) is 64.1 Å². The van der Waals surface area contributed by atoms with Crippen molar-refractivity contribution >= 4 is 23.5 Å². The molecule has 1 aliphatic carbocycles. The number of nitrogens with one attached hydrogen (secondary N) is 1. The van der Waals surface area contributed by atoms with E-state index in [1.54, 1.807) is 39.0 Å². The van der Waals surface area contributed by atoms with E-state index in [4.69, 9.17) is 4.74 Å². The van der Waals surface area contributed by atoms with Crippen molar-refractivity contribution in [3.63, 3.8) is 0 Å². The van der Waals surface area contributed by atoms with E-state index in [-0.39, 0.29) is 30.0 Å². The lowest BCUT2D eigenvalue weighted by molar-refractivity contribution is 0.0525. The van der Waals surface area contributed by atoms with E-state index in [1.807, 2.05) is 4.57 Å². The zero-order valence-electron chi connectivity index (χ0n) is 19.7. The van der Waals surface area contributed by atoms with Gasteiger partial charge in [0.1, 0.15) is 5.82 Å². The summed E-state index contributed by atoms with van der Waals surface area (Å²) < 4.78 is 21.7. The highest BCUT2D eigenvalue weighted by Crippen LogP contribution is 2.36. The Balaban J connectivity index is 1.60. The maximum atomic E-state index is 14.6. The van der Waals surface area contributed by atoms with Gasteiger partial charge in [-0.1, -0.05) is 43.2 Å². The third-order valence-corrected chi connectivity index (χ3v) is 7.19. The van der Waals surface area contributed by atoms with Gasteiger partial charge in [-0.15, -0.1) is 10.2 Å². The number of ketones is 1. The molecule has 34 heavy (non-hydrogen) atoms. The van der Waals surface area contributed by atoms with E-state index >= 15 is 0 Å². The summed E-state index contributed by atoms with van der Waals surface area (Å²) >= 11 is 1.29. The highest BCUT2D eigenvalue weighted by molar-refractivity contribution is 7.99. The maximum absolute atomic E-state index is 14.6. The number of halogens is 1. The number of carbonyl (C=O) groups is 2. The fraction of sp³-hybridized carbons (Fsp3) is 0.440. The number of esters is 1. The van der Waals surface area contributed by atoms with Gasteiger partial charge >= 0.3 is 5.97 Å². The van der Waals surface area contributed by atoms with Crippen molar-refractivity contribution in [2.75, 3.05) is 12.4 Å². The minimum Gasteiger partial charge on any atom is -0.462 e. The molecule has 2 aromatic heterocycles. The molecule has 1 aliphatic rings.